The van der Waals surface area contributed by atoms with E-state index in [9.17, 15) is 4.79 Å². The summed E-state index contributed by atoms with van der Waals surface area (Å²) >= 11 is 0. The van der Waals surface area contributed by atoms with Gasteiger partial charge in [0, 0.05) is 19.3 Å². The van der Waals surface area contributed by atoms with Crippen molar-refractivity contribution >= 4 is 5.91 Å². The van der Waals surface area contributed by atoms with Gasteiger partial charge in [0.15, 0.2) is 0 Å². The van der Waals surface area contributed by atoms with E-state index in [1.165, 1.54) is 0 Å². The van der Waals surface area contributed by atoms with Crippen LogP contribution in [-0.2, 0) is 4.74 Å². The van der Waals surface area contributed by atoms with Gasteiger partial charge in [-0.3, -0.25) is 4.79 Å². The summed E-state index contributed by atoms with van der Waals surface area (Å²) in [4.78, 5) is 18.6. The van der Waals surface area contributed by atoms with Crippen LogP contribution in [0.1, 0.15) is 28.9 Å². The molecule has 1 aromatic rings. The molecule has 2 fully saturated rings. The van der Waals surface area contributed by atoms with Crippen LogP contribution in [0.25, 0.3) is 0 Å². The Morgan fingerprint density at radius 3 is 2.90 bits per heavy atom. The van der Waals surface area contributed by atoms with Crippen molar-refractivity contribution in [1.29, 1.82) is 0 Å². The van der Waals surface area contributed by atoms with E-state index in [4.69, 9.17) is 10.5 Å². The molecule has 2 saturated heterocycles. The zero-order valence-corrected chi connectivity index (χ0v) is 11.2. The highest BCUT2D eigenvalue weighted by Gasteiger charge is 2.36. The first-order chi connectivity index (χ1) is 9.78. The monoisotopic (exact) mass is 271 g/mol. The Kier molecular flexibility index (Phi) is 3.68. The van der Waals surface area contributed by atoms with Crippen LogP contribution in [0.2, 0.25) is 0 Å². The summed E-state index contributed by atoms with van der Waals surface area (Å²) in [5.41, 5.74) is 6.44. The Bertz CT molecular complexity index is 564. The van der Waals surface area contributed by atoms with Crippen molar-refractivity contribution in [2.45, 2.75) is 25.0 Å². The second-order valence-corrected chi connectivity index (χ2v) is 5.07. The highest BCUT2D eigenvalue weighted by atomic mass is 16.5. The summed E-state index contributed by atoms with van der Waals surface area (Å²) in [7, 11) is 0. The average Bonchev–Trinajstić information content (AvgIpc) is 2.83. The number of nitrogens with two attached hydrogens (primary N) is 1. The third-order valence-corrected chi connectivity index (χ3v) is 3.67. The van der Waals surface area contributed by atoms with E-state index in [2.05, 4.69) is 16.8 Å². The average molecular weight is 271 g/mol. The zero-order chi connectivity index (χ0) is 13.9. The first-order valence-corrected chi connectivity index (χ1v) is 6.86. The predicted molar refractivity (Wildman–Crippen MR) is 74.0 cm³/mol. The highest BCUT2D eigenvalue weighted by molar-refractivity contribution is 5.94. The lowest BCUT2D eigenvalue weighted by atomic mass is 10.1. The molecule has 0 radical (unpaired) electrons. The molecule has 2 bridgehead atoms. The summed E-state index contributed by atoms with van der Waals surface area (Å²) in [6.07, 6.45) is 4.06. The van der Waals surface area contributed by atoms with Crippen LogP contribution >= 0.6 is 0 Å². The van der Waals surface area contributed by atoms with Crippen molar-refractivity contribution in [1.82, 2.24) is 9.88 Å². The van der Waals surface area contributed by atoms with Gasteiger partial charge in [0.25, 0.3) is 5.91 Å². The maximum atomic E-state index is 12.6. The lowest BCUT2D eigenvalue weighted by Gasteiger charge is -2.32. The van der Waals surface area contributed by atoms with Crippen molar-refractivity contribution in [3.63, 3.8) is 0 Å². The molecule has 5 heteroatoms. The van der Waals surface area contributed by atoms with Gasteiger partial charge in [-0.1, -0.05) is 11.8 Å². The Morgan fingerprint density at radius 2 is 2.20 bits per heavy atom. The highest BCUT2D eigenvalue weighted by Crippen LogP contribution is 2.27. The maximum Gasteiger partial charge on any atom is 0.273 e. The fraction of sp³-hybridized carbons (Fsp3) is 0.467. The van der Waals surface area contributed by atoms with Crippen molar-refractivity contribution in [2.24, 2.45) is 5.73 Å². The standard InChI is InChI=1S/C15H17N3O2/c16-7-1-3-11-4-2-8-17-14(11)15(19)18-9-12-5-6-13(10-18)20-12/h2,4,8,12-13H,5-7,9-10,16H2. The largest absolute Gasteiger partial charge is 0.371 e. The minimum Gasteiger partial charge on any atom is -0.371 e. The number of pyridine rings is 1. The summed E-state index contributed by atoms with van der Waals surface area (Å²) in [6.45, 7) is 1.57. The number of carbonyl (C=O) groups excluding carboxylic acids is 1. The SMILES string of the molecule is NCC#Cc1cccnc1C(=O)N1CC2CCC(C1)O2. The van der Waals surface area contributed by atoms with Crippen LogP contribution in [0.15, 0.2) is 18.3 Å². The second-order valence-electron chi connectivity index (χ2n) is 5.07. The first kappa shape index (κ1) is 13.1. The molecular weight excluding hydrogens is 254 g/mol. The van der Waals surface area contributed by atoms with Gasteiger partial charge in [-0.2, -0.15) is 0 Å². The molecule has 104 valence electrons. The lowest BCUT2D eigenvalue weighted by molar-refractivity contribution is -0.0305. The summed E-state index contributed by atoms with van der Waals surface area (Å²) in [5.74, 6) is 5.63. The Balaban J connectivity index is 1.83. The zero-order valence-electron chi connectivity index (χ0n) is 11.2. The van der Waals surface area contributed by atoms with Gasteiger partial charge in [0.05, 0.1) is 24.3 Å². The molecule has 3 heterocycles. The number of amides is 1. The van der Waals surface area contributed by atoms with Gasteiger partial charge in [0.2, 0.25) is 0 Å². The number of nitrogens with zero attached hydrogens (tertiary/aromatic N) is 2. The molecule has 3 rings (SSSR count). The van der Waals surface area contributed by atoms with E-state index in [1.807, 2.05) is 4.90 Å². The van der Waals surface area contributed by atoms with Crippen LogP contribution in [0, 0.1) is 11.8 Å². The minimum absolute atomic E-state index is 0.0629. The molecule has 0 saturated carbocycles. The number of carbonyl (C=O) groups is 1. The van der Waals surface area contributed by atoms with Crippen molar-refractivity contribution in [3.8, 4) is 11.8 Å². The third kappa shape index (κ3) is 2.53. The van der Waals surface area contributed by atoms with Crippen molar-refractivity contribution in [2.75, 3.05) is 19.6 Å². The van der Waals surface area contributed by atoms with E-state index >= 15 is 0 Å². The number of hydrogen-bond acceptors (Lipinski definition) is 4. The molecule has 2 N–H and O–H groups in total. The predicted octanol–water partition coefficient (Wildman–Crippen LogP) is 0.395. The molecule has 20 heavy (non-hydrogen) atoms. The number of likely N-dealkylation sites (tertiary alicyclic amines) is 1. The van der Waals surface area contributed by atoms with E-state index in [1.54, 1.807) is 18.3 Å². The molecule has 2 aliphatic rings. The first-order valence-electron chi connectivity index (χ1n) is 6.86. The maximum absolute atomic E-state index is 12.6. The Hall–Kier alpha value is -1.90. The molecule has 0 spiro atoms. The minimum atomic E-state index is -0.0629. The van der Waals surface area contributed by atoms with E-state index in [0.717, 1.165) is 12.8 Å². The van der Waals surface area contributed by atoms with Crippen LogP contribution in [-0.4, -0.2) is 47.6 Å². The van der Waals surface area contributed by atoms with Crippen molar-refractivity contribution in [3.05, 3.63) is 29.6 Å². The number of fused-ring (bicyclic) bond motifs is 2. The van der Waals surface area contributed by atoms with Crippen LogP contribution in [0.5, 0.6) is 0 Å². The second kappa shape index (κ2) is 5.61. The number of aromatic nitrogens is 1. The third-order valence-electron chi connectivity index (χ3n) is 3.67. The smallest absolute Gasteiger partial charge is 0.273 e. The quantitative estimate of drug-likeness (QED) is 0.751. The van der Waals surface area contributed by atoms with Crippen LogP contribution in [0.3, 0.4) is 0 Å². The van der Waals surface area contributed by atoms with Gasteiger partial charge in [0.1, 0.15) is 5.69 Å². The topological polar surface area (TPSA) is 68.5 Å². The lowest BCUT2D eigenvalue weighted by Crippen LogP contribution is -2.46. The van der Waals surface area contributed by atoms with Crippen LogP contribution in [0.4, 0.5) is 0 Å². The fourth-order valence-corrected chi connectivity index (χ4v) is 2.75. The van der Waals surface area contributed by atoms with E-state index in [-0.39, 0.29) is 24.7 Å². The summed E-state index contributed by atoms with van der Waals surface area (Å²) < 4.78 is 5.75. The van der Waals surface area contributed by atoms with E-state index < -0.39 is 0 Å². The Morgan fingerprint density at radius 1 is 1.45 bits per heavy atom. The molecule has 2 aliphatic heterocycles. The molecule has 1 aromatic heterocycles. The summed E-state index contributed by atoms with van der Waals surface area (Å²) in [5, 5.41) is 0. The molecule has 0 aliphatic carbocycles. The number of hydrogen-bond donors (Lipinski definition) is 1. The molecule has 5 nitrogen and oxygen atoms in total. The number of rotatable bonds is 1. The molecule has 1 amide bonds. The summed E-state index contributed by atoms with van der Waals surface area (Å²) in [6, 6.07) is 3.58. The number of ether oxygens (including phenoxy) is 1. The normalized spacial score (nSPS) is 24.1. The fourth-order valence-electron chi connectivity index (χ4n) is 2.75. The van der Waals surface area contributed by atoms with Gasteiger partial charge in [-0.15, -0.1) is 0 Å². The Labute approximate surface area is 118 Å². The van der Waals surface area contributed by atoms with E-state index in [0.29, 0.717) is 24.3 Å². The molecule has 2 unspecified atom stereocenters. The van der Waals surface area contributed by atoms with Gasteiger partial charge in [-0.25, -0.2) is 4.98 Å². The van der Waals surface area contributed by atoms with Crippen molar-refractivity contribution < 1.29 is 9.53 Å². The molecule has 0 aromatic carbocycles. The molecule has 2 atom stereocenters. The van der Waals surface area contributed by atoms with Gasteiger partial charge in [-0.05, 0) is 25.0 Å². The van der Waals surface area contributed by atoms with Gasteiger partial charge >= 0.3 is 0 Å². The number of morpholine rings is 1. The molecular formula is C15H17N3O2. The van der Waals surface area contributed by atoms with Crippen LogP contribution < -0.4 is 5.73 Å². The van der Waals surface area contributed by atoms with Gasteiger partial charge < -0.3 is 15.4 Å².